The topological polar surface area (TPSA) is 66.9 Å². The monoisotopic (exact) mass is 258 g/mol. The first-order valence-corrected chi connectivity index (χ1v) is 4.93. The van der Waals surface area contributed by atoms with Crippen LogP contribution in [0.25, 0.3) is 0 Å². The van der Waals surface area contributed by atoms with Crippen LogP contribution in [-0.4, -0.2) is 29.0 Å². The Hall–Kier alpha value is -1.17. The standard InChI is InChI=1S/C8H11BrN4O/c1-6(14)10-2-3-11-8-4-7(9)12-5-13-8/h4-5H,2-3H2,1H3,(H,10,14)(H,11,12,13). The molecule has 0 bridgehead atoms. The number of anilines is 1. The van der Waals surface area contributed by atoms with Crippen LogP contribution in [0, 0.1) is 0 Å². The van der Waals surface area contributed by atoms with E-state index in [9.17, 15) is 4.79 Å². The highest BCUT2D eigenvalue weighted by Gasteiger charge is 1.95. The van der Waals surface area contributed by atoms with Gasteiger partial charge in [-0.1, -0.05) is 0 Å². The highest BCUT2D eigenvalue weighted by molar-refractivity contribution is 9.10. The van der Waals surface area contributed by atoms with Gasteiger partial charge in [0.05, 0.1) is 0 Å². The average Bonchev–Trinajstić information content (AvgIpc) is 2.12. The van der Waals surface area contributed by atoms with Crippen LogP contribution in [0.4, 0.5) is 5.82 Å². The van der Waals surface area contributed by atoms with Gasteiger partial charge in [0.2, 0.25) is 5.91 Å². The fraction of sp³-hybridized carbons (Fsp3) is 0.375. The molecule has 1 rings (SSSR count). The van der Waals surface area contributed by atoms with Crippen molar-refractivity contribution in [2.45, 2.75) is 6.92 Å². The lowest BCUT2D eigenvalue weighted by Crippen LogP contribution is -2.26. The van der Waals surface area contributed by atoms with Gasteiger partial charge in [0.15, 0.2) is 0 Å². The third-order valence-corrected chi connectivity index (χ3v) is 1.87. The molecule has 0 atom stereocenters. The lowest BCUT2D eigenvalue weighted by atomic mass is 10.5. The summed E-state index contributed by atoms with van der Waals surface area (Å²) in [5.41, 5.74) is 0. The van der Waals surface area contributed by atoms with Crippen molar-refractivity contribution < 1.29 is 4.79 Å². The van der Waals surface area contributed by atoms with Gasteiger partial charge in [-0.2, -0.15) is 0 Å². The number of hydrogen-bond donors (Lipinski definition) is 2. The van der Waals surface area contributed by atoms with Gasteiger partial charge in [-0.25, -0.2) is 9.97 Å². The summed E-state index contributed by atoms with van der Waals surface area (Å²) >= 11 is 3.23. The molecular formula is C8H11BrN4O. The molecule has 0 aliphatic carbocycles. The Kier molecular flexibility index (Phi) is 4.31. The molecule has 0 spiro atoms. The van der Waals surface area contributed by atoms with Crippen LogP contribution in [-0.2, 0) is 4.79 Å². The molecule has 1 heterocycles. The van der Waals surface area contributed by atoms with Gasteiger partial charge >= 0.3 is 0 Å². The quantitative estimate of drug-likeness (QED) is 0.619. The summed E-state index contributed by atoms with van der Waals surface area (Å²) in [7, 11) is 0. The maximum absolute atomic E-state index is 10.5. The largest absolute Gasteiger partial charge is 0.368 e. The van der Waals surface area contributed by atoms with E-state index in [-0.39, 0.29) is 5.91 Å². The SMILES string of the molecule is CC(=O)NCCNc1cc(Br)ncn1. The van der Waals surface area contributed by atoms with Crippen molar-refractivity contribution in [3.8, 4) is 0 Å². The molecule has 76 valence electrons. The van der Waals surface area contributed by atoms with Gasteiger partial charge in [-0.05, 0) is 15.9 Å². The number of carbonyl (C=O) groups excluding carboxylic acids is 1. The van der Waals surface area contributed by atoms with Gasteiger partial charge in [0.1, 0.15) is 16.7 Å². The van der Waals surface area contributed by atoms with Crippen molar-refractivity contribution in [3.63, 3.8) is 0 Å². The summed E-state index contributed by atoms with van der Waals surface area (Å²) in [6.45, 7) is 2.71. The number of rotatable bonds is 4. The molecule has 0 saturated heterocycles. The highest BCUT2D eigenvalue weighted by atomic mass is 79.9. The van der Waals surface area contributed by atoms with Gasteiger partial charge in [-0.15, -0.1) is 0 Å². The van der Waals surface area contributed by atoms with Crippen LogP contribution in [0.3, 0.4) is 0 Å². The second-order valence-corrected chi connectivity index (χ2v) is 3.45. The maximum Gasteiger partial charge on any atom is 0.216 e. The van der Waals surface area contributed by atoms with E-state index in [1.807, 2.05) is 0 Å². The van der Waals surface area contributed by atoms with E-state index in [0.717, 1.165) is 10.4 Å². The molecule has 1 aromatic heterocycles. The minimum Gasteiger partial charge on any atom is -0.368 e. The molecule has 0 fully saturated rings. The van der Waals surface area contributed by atoms with Gasteiger partial charge < -0.3 is 10.6 Å². The fourth-order valence-corrected chi connectivity index (χ4v) is 1.17. The van der Waals surface area contributed by atoms with Gasteiger partial charge in [-0.3, -0.25) is 4.79 Å². The van der Waals surface area contributed by atoms with E-state index < -0.39 is 0 Å². The van der Waals surface area contributed by atoms with Crippen molar-refractivity contribution in [2.75, 3.05) is 18.4 Å². The van der Waals surface area contributed by atoms with Crippen LogP contribution >= 0.6 is 15.9 Å². The molecule has 5 nitrogen and oxygen atoms in total. The number of amides is 1. The summed E-state index contributed by atoms with van der Waals surface area (Å²) in [6.07, 6.45) is 1.46. The van der Waals surface area contributed by atoms with E-state index in [4.69, 9.17) is 0 Å². The Bertz CT molecular complexity index is 318. The Morgan fingerprint density at radius 3 is 2.93 bits per heavy atom. The maximum atomic E-state index is 10.5. The van der Waals surface area contributed by atoms with Crippen LogP contribution < -0.4 is 10.6 Å². The van der Waals surface area contributed by atoms with E-state index in [2.05, 4.69) is 36.5 Å². The Labute approximate surface area is 90.5 Å². The predicted molar refractivity (Wildman–Crippen MR) is 56.9 cm³/mol. The fourth-order valence-electron chi connectivity index (χ4n) is 0.859. The highest BCUT2D eigenvalue weighted by Crippen LogP contribution is 2.08. The first-order chi connectivity index (χ1) is 6.68. The Balaban J connectivity index is 2.28. The summed E-state index contributed by atoms with van der Waals surface area (Å²) in [5.74, 6) is 0.702. The number of aromatic nitrogens is 2. The van der Waals surface area contributed by atoms with E-state index in [0.29, 0.717) is 13.1 Å². The molecule has 0 aliphatic rings. The van der Waals surface area contributed by atoms with Crippen LogP contribution in [0.2, 0.25) is 0 Å². The molecule has 6 heteroatoms. The lowest BCUT2D eigenvalue weighted by molar-refractivity contribution is -0.118. The normalized spacial score (nSPS) is 9.57. The van der Waals surface area contributed by atoms with Crippen molar-refractivity contribution in [3.05, 3.63) is 17.0 Å². The van der Waals surface area contributed by atoms with E-state index >= 15 is 0 Å². The molecule has 2 N–H and O–H groups in total. The number of hydrogen-bond acceptors (Lipinski definition) is 4. The first-order valence-electron chi connectivity index (χ1n) is 4.14. The zero-order valence-corrected chi connectivity index (χ0v) is 9.34. The number of nitrogens with zero attached hydrogens (tertiary/aromatic N) is 2. The minimum absolute atomic E-state index is 0.0318. The first kappa shape index (κ1) is 10.9. The molecular weight excluding hydrogens is 248 g/mol. The van der Waals surface area contributed by atoms with Crippen molar-refractivity contribution >= 4 is 27.7 Å². The lowest BCUT2D eigenvalue weighted by Gasteiger charge is -2.05. The minimum atomic E-state index is -0.0318. The average molecular weight is 259 g/mol. The van der Waals surface area contributed by atoms with Gasteiger partial charge in [0, 0.05) is 26.1 Å². The van der Waals surface area contributed by atoms with Crippen molar-refractivity contribution in [1.82, 2.24) is 15.3 Å². The summed E-state index contributed by atoms with van der Waals surface area (Å²) in [4.78, 5) is 18.4. The van der Waals surface area contributed by atoms with Crippen molar-refractivity contribution in [2.24, 2.45) is 0 Å². The number of carbonyl (C=O) groups is 1. The summed E-state index contributed by atoms with van der Waals surface area (Å²) in [5, 5.41) is 5.72. The second-order valence-electron chi connectivity index (χ2n) is 2.64. The molecule has 1 amide bonds. The molecule has 14 heavy (non-hydrogen) atoms. The molecule has 1 aromatic rings. The summed E-state index contributed by atoms with van der Waals surface area (Å²) in [6, 6.07) is 1.77. The molecule has 0 aliphatic heterocycles. The zero-order valence-electron chi connectivity index (χ0n) is 7.75. The Morgan fingerprint density at radius 1 is 1.50 bits per heavy atom. The van der Waals surface area contributed by atoms with Crippen LogP contribution in [0.15, 0.2) is 17.0 Å². The van der Waals surface area contributed by atoms with Crippen LogP contribution in [0.1, 0.15) is 6.92 Å². The number of halogens is 1. The molecule has 0 unspecified atom stereocenters. The molecule has 0 aromatic carbocycles. The third kappa shape index (κ3) is 4.18. The van der Waals surface area contributed by atoms with E-state index in [1.54, 1.807) is 6.07 Å². The summed E-state index contributed by atoms with van der Waals surface area (Å²) < 4.78 is 0.731. The van der Waals surface area contributed by atoms with Crippen molar-refractivity contribution in [1.29, 1.82) is 0 Å². The molecule has 0 saturated carbocycles. The Morgan fingerprint density at radius 2 is 2.29 bits per heavy atom. The zero-order chi connectivity index (χ0) is 10.4. The number of nitrogens with one attached hydrogen (secondary N) is 2. The second kappa shape index (κ2) is 5.54. The predicted octanol–water partition coefficient (Wildman–Crippen LogP) is 0.787. The van der Waals surface area contributed by atoms with Crippen LogP contribution in [0.5, 0.6) is 0 Å². The van der Waals surface area contributed by atoms with E-state index in [1.165, 1.54) is 13.3 Å². The molecule has 0 radical (unpaired) electrons. The smallest absolute Gasteiger partial charge is 0.216 e. The van der Waals surface area contributed by atoms with Gasteiger partial charge in [0.25, 0.3) is 0 Å². The third-order valence-electron chi connectivity index (χ3n) is 1.44.